The number of ether oxygens (including phenoxy) is 1. The molecule has 198 valence electrons. The second kappa shape index (κ2) is 9.30. The summed E-state index contributed by atoms with van der Waals surface area (Å²) in [5, 5.41) is 0. The number of amides is 3. The van der Waals surface area contributed by atoms with E-state index in [2.05, 4.69) is 31.9 Å². The van der Waals surface area contributed by atoms with E-state index in [0.717, 1.165) is 23.2 Å². The third-order valence-electron chi connectivity index (χ3n) is 8.73. The van der Waals surface area contributed by atoms with Crippen molar-refractivity contribution in [3.05, 3.63) is 53.1 Å². The summed E-state index contributed by atoms with van der Waals surface area (Å²) in [4.78, 5) is 55.9. The van der Waals surface area contributed by atoms with Gasteiger partial charge in [-0.2, -0.15) is 0 Å². The number of rotatable bonds is 4. The van der Waals surface area contributed by atoms with Crippen LogP contribution in [0.2, 0.25) is 0 Å². The Labute approximate surface area is 238 Å². The summed E-state index contributed by atoms with van der Waals surface area (Å²) in [5.74, 6) is -1.38. The van der Waals surface area contributed by atoms with Crippen molar-refractivity contribution in [2.45, 2.75) is 43.3 Å². The van der Waals surface area contributed by atoms with Gasteiger partial charge >= 0.3 is 5.97 Å². The molecule has 0 radical (unpaired) electrons. The Morgan fingerprint density at radius 2 is 1.53 bits per heavy atom. The molecule has 2 saturated heterocycles. The fourth-order valence-corrected chi connectivity index (χ4v) is 8.71. The summed E-state index contributed by atoms with van der Waals surface area (Å²) < 4.78 is 5.67. The number of hydrogen-bond acceptors (Lipinski definition) is 5. The highest BCUT2D eigenvalue weighted by atomic mass is 79.9. The second-order valence-electron chi connectivity index (χ2n) is 11.1. The van der Waals surface area contributed by atoms with Crippen molar-refractivity contribution in [1.29, 1.82) is 0 Å². The molecule has 2 saturated carbocycles. The maximum absolute atomic E-state index is 13.4. The summed E-state index contributed by atoms with van der Waals surface area (Å²) in [6.45, 7) is 5.99. The molecule has 38 heavy (non-hydrogen) atoms. The van der Waals surface area contributed by atoms with E-state index >= 15 is 0 Å². The number of alkyl halides is 2. The van der Waals surface area contributed by atoms with Crippen molar-refractivity contribution in [2.75, 3.05) is 16.3 Å². The number of halogens is 2. The van der Waals surface area contributed by atoms with Gasteiger partial charge in [0.25, 0.3) is 0 Å². The number of carbonyl (C=O) groups excluding carboxylic acids is 4. The minimum absolute atomic E-state index is 0.0916. The molecular weight excluding hydrogens is 616 g/mol. The molecular formula is C29H28Br2N2O5. The Bertz CT molecular complexity index is 1360. The molecule has 2 aliphatic heterocycles. The normalized spacial score (nSPS) is 31.9. The van der Waals surface area contributed by atoms with Crippen LogP contribution in [0, 0.1) is 50.4 Å². The number of fused-ring (bicyclic) bond motifs is 5. The van der Waals surface area contributed by atoms with Gasteiger partial charge in [-0.15, -0.1) is 0 Å². The van der Waals surface area contributed by atoms with Crippen LogP contribution in [0.25, 0.3) is 0 Å². The molecule has 0 spiro atoms. The molecule has 0 N–H and O–H groups in total. The van der Waals surface area contributed by atoms with E-state index < -0.39 is 11.9 Å². The number of carbonyl (C=O) groups is 4. The first-order valence-electron chi connectivity index (χ1n) is 12.9. The van der Waals surface area contributed by atoms with E-state index in [9.17, 15) is 19.2 Å². The topological polar surface area (TPSA) is 84.0 Å². The zero-order valence-electron chi connectivity index (χ0n) is 21.3. The van der Waals surface area contributed by atoms with Gasteiger partial charge in [0.05, 0.1) is 23.4 Å². The Morgan fingerprint density at radius 3 is 2.16 bits per heavy atom. The maximum atomic E-state index is 13.4. The van der Waals surface area contributed by atoms with Gasteiger partial charge in [0.15, 0.2) is 0 Å². The molecule has 6 rings (SSSR count). The van der Waals surface area contributed by atoms with Gasteiger partial charge in [0, 0.05) is 28.3 Å². The number of imide groups is 1. The molecule has 7 nitrogen and oxygen atoms in total. The van der Waals surface area contributed by atoms with E-state index in [1.54, 1.807) is 30.0 Å². The van der Waals surface area contributed by atoms with Crippen LogP contribution < -0.4 is 14.5 Å². The SMILES string of the molecule is Cc1ccc(C)c(N2C[C@H](C(=O)Oc3ccc(N4C(=O)[C@@H]5[C@H]6C[C@@H]([C@H](Br)[C@@H]6Br)[C@@H]5C4=O)c(C)c3)CC2=O)c1. The highest BCUT2D eigenvalue weighted by Gasteiger charge is 2.66. The largest absolute Gasteiger partial charge is 0.426 e. The lowest BCUT2D eigenvalue weighted by molar-refractivity contribution is -0.139. The molecule has 0 unspecified atom stereocenters. The van der Waals surface area contributed by atoms with Crippen molar-refractivity contribution < 1.29 is 23.9 Å². The Kier molecular flexibility index (Phi) is 6.30. The molecule has 3 amide bonds. The predicted molar refractivity (Wildman–Crippen MR) is 150 cm³/mol. The quantitative estimate of drug-likeness (QED) is 0.206. The number of benzene rings is 2. The predicted octanol–water partition coefficient (Wildman–Crippen LogP) is 4.85. The lowest BCUT2D eigenvalue weighted by Crippen LogP contribution is -2.37. The number of anilines is 2. The molecule has 0 aromatic heterocycles. The molecule has 7 atom stereocenters. The van der Waals surface area contributed by atoms with E-state index in [1.165, 1.54) is 4.90 Å². The number of aryl methyl sites for hydroxylation is 3. The summed E-state index contributed by atoms with van der Waals surface area (Å²) in [6, 6.07) is 10.9. The van der Waals surface area contributed by atoms with Crippen LogP contribution in [0.1, 0.15) is 29.5 Å². The van der Waals surface area contributed by atoms with Crippen LogP contribution in [0.3, 0.4) is 0 Å². The van der Waals surface area contributed by atoms with Crippen LogP contribution >= 0.6 is 31.9 Å². The monoisotopic (exact) mass is 642 g/mol. The molecule has 2 heterocycles. The van der Waals surface area contributed by atoms with Gasteiger partial charge in [-0.25, -0.2) is 4.90 Å². The van der Waals surface area contributed by atoms with E-state index in [1.807, 2.05) is 32.0 Å². The third kappa shape index (κ3) is 3.87. The van der Waals surface area contributed by atoms with Crippen LogP contribution in [0.4, 0.5) is 11.4 Å². The summed E-state index contributed by atoms with van der Waals surface area (Å²) in [6.07, 6.45) is 0.971. The lowest BCUT2D eigenvalue weighted by atomic mass is 9.81. The fraction of sp³-hybridized carbons (Fsp3) is 0.448. The number of nitrogens with zero attached hydrogens (tertiary/aromatic N) is 2. The van der Waals surface area contributed by atoms with Crippen LogP contribution in [-0.4, -0.2) is 39.9 Å². The minimum Gasteiger partial charge on any atom is -0.426 e. The molecule has 9 heteroatoms. The van der Waals surface area contributed by atoms with Crippen LogP contribution in [-0.2, 0) is 19.2 Å². The van der Waals surface area contributed by atoms with Gasteiger partial charge < -0.3 is 9.64 Å². The van der Waals surface area contributed by atoms with Gasteiger partial charge in [-0.1, -0.05) is 44.0 Å². The van der Waals surface area contributed by atoms with Crippen molar-refractivity contribution in [3.63, 3.8) is 0 Å². The summed E-state index contributed by atoms with van der Waals surface area (Å²) >= 11 is 7.44. The zero-order valence-corrected chi connectivity index (χ0v) is 24.5. The Morgan fingerprint density at radius 1 is 0.868 bits per heavy atom. The number of esters is 1. The first-order valence-corrected chi connectivity index (χ1v) is 14.8. The highest BCUT2D eigenvalue weighted by Crippen LogP contribution is 2.60. The number of hydrogen-bond donors (Lipinski definition) is 0. The zero-order chi connectivity index (χ0) is 27.0. The van der Waals surface area contributed by atoms with Crippen LogP contribution in [0.5, 0.6) is 5.75 Å². The maximum Gasteiger partial charge on any atom is 0.316 e. The average molecular weight is 644 g/mol. The van der Waals surface area contributed by atoms with E-state index in [-0.39, 0.29) is 64.0 Å². The Balaban J connectivity index is 1.17. The van der Waals surface area contributed by atoms with Crippen molar-refractivity contribution >= 4 is 66.9 Å². The van der Waals surface area contributed by atoms with Crippen LogP contribution in [0.15, 0.2) is 36.4 Å². The smallest absolute Gasteiger partial charge is 0.316 e. The standard InChI is InChI=1S/C29H28Br2N2O5/c1-13-4-5-14(2)21(8-13)32-12-16(10-22(32)34)29(37)38-17-6-7-20(15(3)9-17)33-27(35)23-18-11-19(24(23)28(33)36)26(31)25(18)30/h4-9,16,18-19,23-26H,10-12H2,1-3H3/t16-,18-,19-,23-,24+,25-,26+/m1/s1. The molecule has 4 fully saturated rings. The Hall–Kier alpha value is -2.52. The van der Waals surface area contributed by atoms with Crippen molar-refractivity contribution in [2.24, 2.45) is 29.6 Å². The van der Waals surface area contributed by atoms with E-state index in [4.69, 9.17) is 4.74 Å². The first-order chi connectivity index (χ1) is 18.1. The highest BCUT2D eigenvalue weighted by molar-refractivity contribution is 9.12. The summed E-state index contributed by atoms with van der Waals surface area (Å²) in [5.41, 5.74) is 4.05. The minimum atomic E-state index is -0.576. The van der Waals surface area contributed by atoms with Gasteiger partial charge in [0.2, 0.25) is 17.7 Å². The van der Waals surface area contributed by atoms with Gasteiger partial charge in [-0.3, -0.25) is 19.2 Å². The molecule has 4 aliphatic rings. The van der Waals surface area contributed by atoms with Crippen molar-refractivity contribution in [1.82, 2.24) is 0 Å². The lowest BCUT2D eigenvalue weighted by Gasteiger charge is -2.28. The fourth-order valence-electron chi connectivity index (χ4n) is 6.84. The van der Waals surface area contributed by atoms with Crippen molar-refractivity contribution in [3.8, 4) is 5.75 Å². The van der Waals surface area contributed by atoms with E-state index in [0.29, 0.717) is 17.0 Å². The molecule has 2 bridgehead atoms. The summed E-state index contributed by atoms with van der Waals surface area (Å²) in [7, 11) is 0. The van der Waals surface area contributed by atoms with Gasteiger partial charge in [0.1, 0.15) is 5.75 Å². The second-order valence-corrected chi connectivity index (χ2v) is 13.2. The molecule has 2 aromatic rings. The average Bonchev–Trinajstić information content (AvgIpc) is 3.59. The van der Waals surface area contributed by atoms with Gasteiger partial charge in [-0.05, 0) is 80.0 Å². The third-order valence-corrected chi connectivity index (χ3v) is 11.9. The molecule has 2 aromatic carbocycles. The first kappa shape index (κ1) is 25.7. The molecule has 2 aliphatic carbocycles.